The van der Waals surface area contributed by atoms with E-state index < -0.39 is 14.9 Å². The summed E-state index contributed by atoms with van der Waals surface area (Å²) in [5, 5.41) is 0. The van der Waals surface area contributed by atoms with Crippen LogP contribution in [0.15, 0.2) is 0 Å². The highest BCUT2D eigenvalue weighted by molar-refractivity contribution is 7.88. The van der Waals surface area contributed by atoms with Crippen molar-refractivity contribution in [1.29, 1.82) is 0 Å². The minimum absolute atomic E-state index is 0.323. The highest BCUT2D eigenvalue weighted by atomic mass is 32.2. The Kier molecular flexibility index (Phi) is 6.48. The second kappa shape index (κ2) is 7.23. The molecule has 0 N–H and O–H groups in total. The minimum atomic E-state index is -3.43. The Morgan fingerprint density at radius 2 is 1.75 bits per heavy atom. The van der Waals surface area contributed by atoms with Crippen LogP contribution < -0.4 is 0 Å². The predicted octanol–water partition coefficient (Wildman–Crippen LogP) is 3.03. The van der Waals surface area contributed by atoms with Gasteiger partial charge in [-0.25, -0.2) is 0 Å². The molecular weight excluding hydrogens is 274 g/mol. The average molecular weight is 305 g/mol. The molecule has 0 bridgehead atoms. The SMILES string of the molecule is CC(C)N1CCC(CCCOS(=O)(=O)C(C)(C)C)CC1. The van der Waals surface area contributed by atoms with Crippen molar-refractivity contribution in [2.45, 2.75) is 71.1 Å². The van der Waals surface area contributed by atoms with Gasteiger partial charge >= 0.3 is 0 Å². The summed E-state index contributed by atoms with van der Waals surface area (Å²) in [4.78, 5) is 2.51. The number of likely N-dealkylation sites (tertiary alicyclic amines) is 1. The number of hydrogen-bond acceptors (Lipinski definition) is 4. The van der Waals surface area contributed by atoms with Crippen LogP contribution in [0.1, 0.15) is 60.3 Å². The Morgan fingerprint density at radius 3 is 2.20 bits per heavy atom. The van der Waals surface area contributed by atoms with E-state index in [1.165, 1.54) is 25.9 Å². The summed E-state index contributed by atoms with van der Waals surface area (Å²) in [6, 6.07) is 0.635. The molecule has 20 heavy (non-hydrogen) atoms. The Bertz CT molecular complexity index is 376. The van der Waals surface area contributed by atoms with Gasteiger partial charge in [0.2, 0.25) is 0 Å². The standard InChI is InChI=1S/C15H31NO3S/c1-13(2)16-10-8-14(9-11-16)7-6-12-19-20(17,18)15(3,4)5/h13-14H,6-12H2,1-5H3. The molecule has 120 valence electrons. The van der Waals surface area contributed by atoms with E-state index in [-0.39, 0.29) is 0 Å². The van der Waals surface area contributed by atoms with E-state index in [4.69, 9.17) is 4.18 Å². The number of rotatable bonds is 6. The van der Waals surface area contributed by atoms with E-state index in [0.29, 0.717) is 12.6 Å². The van der Waals surface area contributed by atoms with Crippen molar-refractivity contribution in [2.75, 3.05) is 19.7 Å². The molecule has 1 heterocycles. The topological polar surface area (TPSA) is 46.6 Å². The fourth-order valence-corrected chi connectivity index (χ4v) is 3.17. The molecule has 1 saturated heterocycles. The number of hydrogen-bond donors (Lipinski definition) is 0. The van der Waals surface area contributed by atoms with Gasteiger partial charge in [0.15, 0.2) is 0 Å². The van der Waals surface area contributed by atoms with Crippen LogP contribution in [0, 0.1) is 5.92 Å². The third kappa shape index (κ3) is 5.34. The van der Waals surface area contributed by atoms with Crippen LogP contribution in [0.4, 0.5) is 0 Å². The maximum absolute atomic E-state index is 11.8. The van der Waals surface area contributed by atoms with Gasteiger partial charge in [-0.2, -0.15) is 8.42 Å². The first-order chi connectivity index (χ1) is 9.13. The lowest BCUT2D eigenvalue weighted by Gasteiger charge is -2.34. The first-order valence-corrected chi connectivity index (χ1v) is 9.17. The molecule has 0 unspecified atom stereocenters. The highest BCUT2D eigenvalue weighted by Crippen LogP contribution is 2.24. The molecule has 0 aliphatic carbocycles. The van der Waals surface area contributed by atoms with Gasteiger partial charge in [-0.1, -0.05) is 0 Å². The van der Waals surface area contributed by atoms with E-state index in [1.807, 2.05) is 0 Å². The molecule has 0 saturated carbocycles. The Balaban J connectivity index is 2.21. The molecule has 0 amide bonds. The zero-order valence-corrected chi connectivity index (χ0v) is 14.5. The zero-order valence-electron chi connectivity index (χ0n) is 13.7. The van der Waals surface area contributed by atoms with Crippen molar-refractivity contribution in [3.05, 3.63) is 0 Å². The van der Waals surface area contributed by atoms with Crippen molar-refractivity contribution in [3.63, 3.8) is 0 Å². The van der Waals surface area contributed by atoms with E-state index in [9.17, 15) is 8.42 Å². The molecule has 0 aromatic heterocycles. The molecule has 1 rings (SSSR count). The summed E-state index contributed by atoms with van der Waals surface area (Å²) in [7, 11) is -3.43. The fraction of sp³-hybridized carbons (Fsp3) is 1.00. The quantitative estimate of drug-likeness (QED) is 0.559. The van der Waals surface area contributed by atoms with Crippen molar-refractivity contribution >= 4 is 10.1 Å². The minimum Gasteiger partial charge on any atom is -0.301 e. The van der Waals surface area contributed by atoms with E-state index in [1.54, 1.807) is 20.8 Å². The largest absolute Gasteiger partial charge is 0.301 e. The van der Waals surface area contributed by atoms with Crippen LogP contribution in [0.2, 0.25) is 0 Å². The van der Waals surface area contributed by atoms with Crippen LogP contribution in [0.3, 0.4) is 0 Å². The highest BCUT2D eigenvalue weighted by Gasteiger charge is 2.30. The Hall–Kier alpha value is -0.130. The van der Waals surface area contributed by atoms with Gasteiger partial charge in [0.05, 0.1) is 11.4 Å². The third-order valence-corrected chi connectivity index (χ3v) is 6.10. The summed E-state index contributed by atoms with van der Waals surface area (Å²) in [6.07, 6.45) is 4.36. The normalized spacial score (nSPS) is 19.7. The first-order valence-electron chi connectivity index (χ1n) is 7.76. The Morgan fingerprint density at radius 1 is 1.20 bits per heavy atom. The van der Waals surface area contributed by atoms with Crippen molar-refractivity contribution in [2.24, 2.45) is 5.92 Å². The van der Waals surface area contributed by atoms with Crippen LogP contribution >= 0.6 is 0 Å². The second-order valence-electron chi connectivity index (χ2n) is 7.10. The zero-order chi connectivity index (χ0) is 15.4. The molecule has 0 aromatic rings. The van der Waals surface area contributed by atoms with Crippen molar-refractivity contribution < 1.29 is 12.6 Å². The molecule has 1 aliphatic rings. The van der Waals surface area contributed by atoms with Crippen molar-refractivity contribution in [3.8, 4) is 0 Å². The summed E-state index contributed by atoms with van der Waals surface area (Å²) in [6.45, 7) is 12.2. The van der Waals surface area contributed by atoms with E-state index in [0.717, 1.165) is 18.8 Å². The smallest absolute Gasteiger partial charge is 0.272 e. The van der Waals surface area contributed by atoms with Gasteiger partial charge in [-0.05, 0) is 79.3 Å². The fourth-order valence-electron chi connectivity index (χ4n) is 2.48. The van der Waals surface area contributed by atoms with Gasteiger partial charge in [-0.15, -0.1) is 0 Å². The first kappa shape index (κ1) is 17.9. The molecule has 5 heteroatoms. The van der Waals surface area contributed by atoms with E-state index >= 15 is 0 Å². The number of nitrogens with zero attached hydrogens (tertiary/aromatic N) is 1. The number of piperidine rings is 1. The summed E-state index contributed by atoms with van der Waals surface area (Å²) in [5.41, 5.74) is 0. The summed E-state index contributed by atoms with van der Waals surface area (Å²) >= 11 is 0. The lowest BCUT2D eigenvalue weighted by atomic mass is 9.92. The van der Waals surface area contributed by atoms with E-state index in [2.05, 4.69) is 18.7 Å². The molecule has 1 aliphatic heterocycles. The maximum Gasteiger partial charge on any atom is 0.272 e. The van der Waals surface area contributed by atoms with Gasteiger partial charge in [0, 0.05) is 6.04 Å². The molecule has 4 nitrogen and oxygen atoms in total. The van der Waals surface area contributed by atoms with Gasteiger partial charge < -0.3 is 4.90 Å². The van der Waals surface area contributed by atoms with Gasteiger partial charge in [0.25, 0.3) is 10.1 Å². The average Bonchev–Trinajstić information content (AvgIpc) is 2.34. The van der Waals surface area contributed by atoms with Gasteiger partial charge in [0.1, 0.15) is 0 Å². The van der Waals surface area contributed by atoms with Crippen molar-refractivity contribution in [1.82, 2.24) is 4.90 Å². The lowest BCUT2D eigenvalue weighted by molar-refractivity contribution is 0.141. The molecular formula is C15H31NO3S. The molecule has 0 radical (unpaired) electrons. The second-order valence-corrected chi connectivity index (χ2v) is 9.47. The molecule has 1 fully saturated rings. The Labute approximate surface area is 125 Å². The summed E-state index contributed by atoms with van der Waals surface area (Å²) in [5.74, 6) is 0.728. The molecule has 0 aromatic carbocycles. The lowest BCUT2D eigenvalue weighted by Crippen LogP contribution is -2.38. The van der Waals surface area contributed by atoms with Crippen LogP contribution in [0.5, 0.6) is 0 Å². The summed E-state index contributed by atoms with van der Waals surface area (Å²) < 4.78 is 27.9. The third-order valence-electron chi connectivity index (χ3n) is 4.12. The van der Waals surface area contributed by atoms with Crippen LogP contribution in [-0.4, -0.2) is 43.8 Å². The van der Waals surface area contributed by atoms with Crippen LogP contribution in [0.25, 0.3) is 0 Å². The predicted molar refractivity (Wildman–Crippen MR) is 83.3 cm³/mol. The molecule has 0 spiro atoms. The monoisotopic (exact) mass is 305 g/mol. The maximum atomic E-state index is 11.8. The van der Waals surface area contributed by atoms with Gasteiger partial charge in [-0.3, -0.25) is 4.18 Å². The van der Waals surface area contributed by atoms with Crippen LogP contribution in [-0.2, 0) is 14.3 Å². The molecule has 0 atom stereocenters.